The Labute approximate surface area is 86.5 Å². The van der Waals surface area contributed by atoms with Crippen LogP contribution in [0.25, 0.3) is 0 Å². The average Bonchev–Trinajstić information content (AvgIpc) is 2.05. The minimum atomic E-state index is -3.14. The second-order valence-electron chi connectivity index (χ2n) is 2.90. The normalized spacial score (nSPS) is 14.7. The van der Waals surface area contributed by atoms with E-state index in [1.165, 1.54) is 18.2 Å². The first-order chi connectivity index (χ1) is 6.88. The predicted molar refractivity (Wildman–Crippen MR) is 54.9 cm³/mol. The lowest BCUT2D eigenvalue weighted by Gasteiger charge is -2.07. The molecule has 0 saturated heterocycles. The van der Waals surface area contributed by atoms with Crippen molar-refractivity contribution in [1.29, 1.82) is 0 Å². The van der Waals surface area contributed by atoms with Crippen molar-refractivity contribution in [3.8, 4) is 5.75 Å². The highest BCUT2D eigenvalue weighted by atomic mass is 32.2. The summed E-state index contributed by atoms with van der Waals surface area (Å²) in [6, 6.07) is 5.81. The van der Waals surface area contributed by atoms with Crippen LogP contribution < -0.4 is 4.74 Å². The molecular formula is C9H10F2O3S. The van der Waals surface area contributed by atoms with Crippen LogP contribution in [-0.4, -0.2) is 27.0 Å². The quantitative estimate of drug-likeness (QED) is 0.814. The van der Waals surface area contributed by atoms with Gasteiger partial charge in [0.15, 0.2) is 0 Å². The van der Waals surface area contributed by atoms with Crippen molar-refractivity contribution >= 4 is 15.2 Å². The van der Waals surface area contributed by atoms with Gasteiger partial charge < -0.3 is 9.29 Å². The number of para-hydroxylation sites is 1. The summed E-state index contributed by atoms with van der Waals surface area (Å²) in [5.41, 5.74) is 0.174. The van der Waals surface area contributed by atoms with E-state index in [0.29, 0.717) is 0 Å². The lowest BCUT2D eigenvalue weighted by Crippen LogP contribution is -2.06. The van der Waals surface area contributed by atoms with Crippen LogP contribution in [0.2, 0.25) is 0 Å². The lowest BCUT2D eigenvalue weighted by molar-refractivity contribution is -0.0499. The van der Waals surface area contributed by atoms with Crippen LogP contribution in [0.5, 0.6) is 5.75 Å². The van der Waals surface area contributed by atoms with Gasteiger partial charge >= 0.3 is 6.61 Å². The molecule has 1 rings (SSSR count). The van der Waals surface area contributed by atoms with Gasteiger partial charge in [-0.15, -0.1) is 0 Å². The van der Waals surface area contributed by atoms with E-state index in [1.54, 1.807) is 6.07 Å². The fraction of sp³-hybridized carbons (Fsp3) is 0.222. The van der Waals surface area contributed by atoms with Gasteiger partial charge in [-0.2, -0.15) is 8.78 Å². The van der Waals surface area contributed by atoms with Gasteiger partial charge in [0.2, 0.25) is 0 Å². The van der Waals surface area contributed by atoms with Crippen LogP contribution in [0, 0.1) is 0 Å². The Bertz CT molecular complexity index is 442. The van der Waals surface area contributed by atoms with Crippen LogP contribution in [0.1, 0.15) is 5.56 Å². The highest BCUT2D eigenvalue weighted by molar-refractivity contribution is 7.95. The molecule has 1 aromatic carbocycles. The molecule has 0 aliphatic heterocycles. The van der Waals surface area contributed by atoms with Gasteiger partial charge in [0.05, 0.1) is 9.80 Å². The summed E-state index contributed by atoms with van der Waals surface area (Å²) in [6.45, 7) is -2.95. The predicted octanol–water partition coefficient (Wildman–Crippen LogP) is 1.83. The first kappa shape index (κ1) is 11.9. The summed E-state index contributed by atoms with van der Waals surface area (Å²) in [5.74, 6) is -0.115. The number of halogens is 2. The fourth-order valence-corrected chi connectivity index (χ4v) is 1.68. The van der Waals surface area contributed by atoms with E-state index in [0.717, 1.165) is 11.6 Å². The summed E-state index contributed by atoms with van der Waals surface area (Å²) in [6.07, 6.45) is 1.09. The molecule has 1 unspecified atom stereocenters. The summed E-state index contributed by atoms with van der Waals surface area (Å²) < 4.78 is 48.2. The van der Waals surface area contributed by atoms with E-state index in [9.17, 15) is 13.0 Å². The molecule has 1 N–H and O–H groups in total. The molecule has 0 amide bonds. The molecular weight excluding hydrogens is 226 g/mol. The van der Waals surface area contributed by atoms with Crippen molar-refractivity contribution in [3.63, 3.8) is 0 Å². The zero-order chi connectivity index (χ0) is 11.5. The molecule has 0 radical (unpaired) electrons. The van der Waals surface area contributed by atoms with Crippen LogP contribution in [0.3, 0.4) is 0 Å². The number of benzene rings is 1. The SMILES string of the molecule is CS(=O)(O)=Cc1ccccc1OC(F)F. The number of alkyl halides is 2. The minimum absolute atomic E-state index is 0.115. The number of ether oxygens (including phenoxy) is 1. The van der Waals surface area contributed by atoms with Crippen LogP contribution in [-0.2, 0) is 9.80 Å². The van der Waals surface area contributed by atoms with E-state index in [-0.39, 0.29) is 11.3 Å². The van der Waals surface area contributed by atoms with Gasteiger partial charge in [0.25, 0.3) is 0 Å². The molecule has 3 nitrogen and oxygen atoms in total. The smallest absolute Gasteiger partial charge is 0.387 e. The van der Waals surface area contributed by atoms with Gasteiger partial charge in [0, 0.05) is 17.2 Å². The second-order valence-corrected chi connectivity index (χ2v) is 4.85. The standard InChI is InChI=1S/C9H10F2O3S/c1-15(12,13)6-7-4-2-3-5-8(7)14-9(10)11/h2-6,9H,1H3,(H,12,13). The second kappa shape index (κ2) is 4.59. The molecule has 0 saturated carbocycles. The van der Waals surface area contributed by atoms with Gasteiger partial charge in [-0.1, -0.05) is 18.2 Å². The summed E-state index contributed by atoms with van der Waals surface area (Å²) in [4.78, 5) is 0. The van der Waals surface area contributed by atoms with Gasteiger partial charge in [0.1, 0.15) is 5.75 Å². The number of hydrogen-bond acceptors (Lipinski definition) is 2. The highest BCUT2D eigenvalue weighted by Crippen LogP contribution is 2.18. The maximum atomic E-state index is 12.0. The monoisotopic (exact) mass is 236 g/mol. The lowest BCUT2D eigenvalue weighted by atomic mass is 10.2. The zero-order valence-corrected chi connectivity index (χ0v) is 8.71. The maximum absolute atomic E-state index is 12.0. The summed E-state index contributed by atoms with van der Waals surface area (Å²) in [7, 11) is -3.14. The molecule has 15 heavy (non-hydrogen) atoms. The molecule has 0 aromatic heterocycles. The molecule has 84 valence electrons. The molecule has 1 atom stereocenters. The van der Waals surface area contributed by atoms with Crippen LogP contribution >= 0.6 is 0 Å². The number of hydrogen-bond donors (Lipinski definition) is 1. The van der Waals surface area contributed by atoms with E-state index >= 15 is 0 Å². The zero-order valence-electron chi connectivity index (χ0n) is 7.89. The van der Waals surface area contributed by atoms with E-state index < -0.39 is 16.4 Å². The molecule has 0 spiro atoms. The minimum Gasteiger partial charge on any atom is -0.434 e. The summed E-state index contributed by atoms with van der Waals surface area (Å²) >= 11 is 0. The molecule has 0 fully saturated rings. The third-order valence-corrected chi connectivity index (χ3v) is 2.17. The Balaban J connectivity index is 3.13. The Kier molecular flexibility index (Phi) is 3.65. The van der Waals surface area contributed by atoms with Crippen molar-refractivity contribution in [2.75, 3.05) is 6.26 Å². The fourth-order valence-electron chi connectivity index (χ4n) is 1.02. The Morgan fingerprint density at radius 1 is 1.47 bits per heavy atom. The molecule has 1 aromatic rings. The molecule has 0 aliphatic carbocycles. The summed E-state index contributed by atoms with van der Waals surface area (Å²) in [5, 5.41) is 0.991. The van der Waals surface area contributed by atoms with Crippen molar-refractivity contribution in [3.05, 3.63) is 29.8 Å². The number of rotatable bonds is 3. The topological polar surface area (TPSA) is 46.5 Å². The highest BCUT2D eigenvalue weighted by Gasteiger charge is 2.08. The van der Waals surface area contributed by atoms with Crippen molar-refractivity contribution in [2.24, 2.45) is 0 Å². The van der Waals surface area contributed by atoms with Crippen molar-refractivity contribution < 1.29 is 22.3 Å². The molecule has 0 heterocycles. The third-order valence-electron chi connectivity index (χ3n) is 1.48. The first-order valence-corrected chi connectivity index (χ1v) is 5.97. The van der Waals surface area contributed by atoms with Crippen LogP contribution in [0.15, 0.2) is 24.3 Å². The largest absolute Gasteiger partial charge is 0.434 e. The Morgan fingerprint density at radius 2 is 2.07 bits per heavy atom. The maximum Gasteiger partial charge on any atom is 0.387 e. The Hall–Kier alpha value is -1.14. The van der Waals surface area contributed by atoms with Gasteiger partial charge in [-0.05, 0) is 6.07 Å². The molecule has 0 bridgehead atoms. The first-order valence-electron chi connectivity index (χ1n) is 3.99. The van der Waals surface area contributed by atoms with Crippen LogP contribution in [0.4, 0.5) is 8.78 Å². The van der Waals surface area contributed by atoms with Crippen molar-refractivity contribution in [1.82, 2.24) is 0 Å². The average molecular weight is 236 g/mol. The van der Waals surface area contributed by atoms with Crippen molar-refractivity contribution in [2.45, 2.75) is 6.61 Å². The van der Waals surface area contributed by atoms with Gasteiger partial charge in [-0.25, -0.2) is 4.21 Å². The third kappa shape index (κ3) is 4.26. The Morgan fingerprint density at radius 3 is 2.60 bits per heavy atom. The van der Waals surface area contributed by atoms with E-state index in [4.69, 9.17) is 4.55 Å². The van der Waals surface area contributed by atoms with Gasteiger partial charge in [-0.3, -0.25) is 0 Å². The molecule has 6 heteroatoms. The van der Waals surface area contributed by atoms with E-state index in [2.05, 4.69) is 4.74 Å². The van der Waals surface area contributed by atoms with E-state index in [1.807, 2.05) is 0 Å². The molecule has 0 aliphatic rings.